The first kappa shape index (κ1) is 10.6. The Hall–Kier alpha value is -1.45. The maximum absolute atomic E-state index is 12.7. The van der Waals surface area contributed by atoms with Crippen LogP contribution in [0, 0.1) is 5.95 Å². The summed E-state index contributed by atoms with van der Waals surface area (Å²) >= 11 is 0. The Kier molecular flexibility index (Phi) is 3.56. The number of aromatic nitrogens is 1. The molecule has 0 radical (unpaired) electrons. The Morgan fingerprint density at radius 2 is 2.29 bits per heavy atom. The topological polar surface area (TPSA) is 33.2 Å². The molecule has 0 unspecified atom stereocenters. The molecule has 0 N–H and O–H groups in total. The van der Waals surface area contributed by atoms with Crippen molar-refractivity contribution in [3.63, 3.8) is 0 Å². The van der Waals surface area contributed by atoms with Gasteiger partial charge in [0.05, 0.1) is 12.2 Å². The number of nitrogens with zero attached hydrogens (tertiary/aromatic N) is 2. The third kappa shape index (κ3) is 2.80. The quantitative estimate of drug-likeness (QED) is 0.688. The Morgan fingerprint density at radius 3 is 2.86 bits per heavy atom. The number of carbonyl (C=O) groups is 1. The molecule has 0 saturated carbocycles. The molecular formula is C10H13FN2O. The van der Waals surface area contributed by atoms with Gasteiger partial charge in [-0.3, -0.25) is 4.79 Å². The van der Waals surface area contributed by atoms with E-state index in [0.29, 0.717) is 18.7 Å². The highest BCUT2D eigenvalue weighted by molar-refractivity contribution is 5.75. The van der Waals surface area contributed by atoms with Crippen molar-refractivity contribution in [2.24, 2.45) is 0 Å². The Balaban J connectivity index is 2.64. The number of hydrogen-bond donors (Lipinski definition) is 0. The summed E-state index contributed by atoms with van der Waals surface area (Å²) < 4.78 is 12.7. The van der Waals surface area contributed by atoms with Gasteiger partial charge in [-0.1, -0.05) is 13.0 Å². The molecule has 1 heterocycles. The molecule has 0 bridgehead atoms. The average Bonchev–Trinajstić information content (AvgIpc) is 2.16. The van der Waals surface area contributed by atoms with Crippen LogP contribution >= 0.6 is 0 Å². The van der Waals surface area contributed by atoms with Gasteiger partial charge in [0.15, 0.2) is 0 Å². The van der Waals surface area contributed by atoms with Crippen LogP contribution in [0.3, 0.4) is 0 Å². The first-order valence-electron chi connectivity index (χ1n) is 4.49. The number of amides is 1. The standard InChI is InChI=1S/C10H13FN2O/c1-3-10(14)13(2)7-8-5-4-6-9(11)12-8/h4-6H,3,7H2,1-2H3. The fourth-order valence-electron chi connectivity index (χ4n) is 1.14. The van der Waals surface area contributed by atoms with Gasteiger partial charge in [-0.15, -0.1) is 0 Å². The third-order valence-electron chi connectivity index (χ3n) is 1.90. The SMILES string of the molecule is CCC(=O)N(C)Cc1cccc(F)n1. The van der Waals surface area contributed by atoms with Crippen LogP contribution in [0.25, 0.3) is 0 Å². The summed E-state index contributed by atoms with van der Waals surface area (Å²) in [6, 6.07) is 4.57. The predicted molar refractivity (Wildman–Crippen MR) is 51.0 cm³/mol. The second kappa shape index (κ2) is 4.69. The van der Waals surface area contributed by atoms with E-state index >= 15 is 0 Å². The second-order valence-corrected chi connectivity index (χ2v) is 3.06. The largest absolute Gasteiger partial charge is 0.340 e. The van der Waals surface area contributed by atoms with Crippen LogP contribution in [-0.2, 0) is 11.3 Å². The molecule has 1 rings (SSSR count). The molecule has 0 aliphatic heterocycles. The molecule has 3 nitrogen and oxygen atoms in total. The summed E-state index contributed by atoms with van der Waals surface area (Å²) in [6.45, 7) is 2.14. The van der Waals surface area contributed by atoms with E-state index in [2.05, 4.69) is 4.98 Å². The number of carbonyl (C=O) groups excluding carboxylic acids is 1. The first-order chi connectivity index (χ1) is 6.63. The highest BCUT2D eigenvalue weighted by atomic mass is 19.1. The van der Waals surface area contributed by atoms with Gasteiger partial charge in [0, 0.05) is 13.5 Å². The molecular weight excluding hydrogens is 183 g/mol. The summed E-state index contributed by atoms with van der Waals surface area (Å²) in [5.41, 5.74) is 0.564. The maximum Gasteiger partial charge on any atom is 0.222 e. The smallest absolute Gasteiger partial charge is 0.222 e. The van der Waals surface area contributed by atoms with E-state index in [1.165, 1.54) is 11.0 Å². The second-order valence-electron chi connectivity index (χ2n) is 3.06. The van der Waals surface area contributed by atoms with Gasteiger partial charge in [-0.05, 0) is 12.1 Å². The van der Waals surface area contributed by atoms with Gasteiger partial charge in [-0.25, -0.2) is 4.98 Å². The van der Waals surface area contributed by atoms with Crippen LogP contribution < -0.4 is 0 Å². The first-order valence-corrected chi connectivity index (χ1v) is 4.49. The fourth-order valence-corrected chi connectivity index (χ4v) is 1.14. The van der Waals surface area contributed by atoms with Crippen LogP contribution in [0.4, 0.5) is 4.39 Å². The molecule has 1 amide bonds. The zero-order chi connectivity index (χ0) is 10.6. The van der Waals surface area contributed by atoms with Crippen LogP contribution in [0.2, 0.25) is 0 Å². The minimum absolute atomic E-state index is 0.0241. The molecule has 76 valence electrons. The fraction of sp³-hybridized carbons (Fsp3) is 0.400. The molecule has 14 heavy (non-hydrogen) atoms. The maximum atomic E-state index is 12.7. The van der Waals surface area contributed by atoms with Crippen molar-refractivity contribution in [1.29, 1.82) is 0 Å². The average molecular weight is 196 g/mol. The van der Waals surface area contributed by atoms with Crippen molar-refractivity contribution < 1.29 is 9.18 Å². The van der Waals surface area contributed by atoms with Crippen LogP contribution in [0.1, 0.15) is 19.0 Å². The van der Waals surface area contributed by atoms with E-state index in [1.807, 2.05) is 0 Å². The van der Waals surface area contributed by atoms with E-state index in [0.717, 1.165) is 0 Å². The minimum Gasteiger partial charge on any atom is -0.340 e. The number of halogens is 1. The lowest BCUT2D eigenvalue weighted by Gasteiger charge is -2.15. The van der Waals surface area contributed by atoms with Gasteiger partial charge in [0.25, 0.3) is 0 Å². The zero-order valence-corrected chi connectivity index (χ0v) is 8.33. The molecule has 0 aliphatic carbocycles. The van der Waals surface area contributed by atoms with Gasteiger partial charge in [-0.2, -0.15) is 4.39 Å². The van der Waals surface area contributed by atoms with Gasteiger partial charge in [0.2, 0.25) is 11.9 Å². The van der Waals surface area contributed by atoms with E-state index in [9.17, 15) is 9.18 Å². The van der Waals surface area contributed by atoms with Crippen molar-refractivity contribution in [3.8, 4) is 0 Å². The molecule has 0 fully saturated rings. The molecule has 0 aromatic carbocycles. The molecule has 0 spiro atoms. The van der Waals surface area contributed by atoms with Crippen LogP contribution in [0.5, 0.6) is 0 Å². The molecule has 0 saturated heterocycles. The highest BCUT2D eigenvalue weighted by Gasteiger charge is 2.07. The summed E-state index contributed by atoms with van der Waals surface area (Å²) in [5.74, 6) is -0.490. The summed E-state index contributed by atoms with van der Waals surface area (Å²) in [6.07, 6.45) is 0.450. The zero-order valence-electron chi connectivity index (χ0n) is 8.33. The van der Waals surface area contributed by atoms with Crippen molar-refractivity contribution in [2.45, 2.75) is 19.9 Å². The summed E-state index contributed by atoms with van der Waals surface area (Å²) in [4.78, 5) is 16.4. The van der Waals surface area contributed by atoms with Crippen molar-refractivity contribution in [3.05, 3.63) is 29.8 Å². The monoisotopic (exact) mass is 196 g/mol. The molecule has 4 heteroatoms. The van der Waals surface area contributed by atoms with E-state index in [1.54, 1.807) is 26.1 Å². The highest BCUT2D eigenvalue weighted by Crippen LogP contribution is 2.02. The molecule has 0 aliphatic rings. The summed E-state index contributed by atoms with van der Waals surface area (Å²) in [5, 5.41) is 0. The van der Waals surface area contributed by atoms with Gasteiger partial charge < -0.3 is 4.90 Å². The molecule has 1 aromatic heterocycles. The van der Waals surface area contributed by atoms with Crippen LogP contribution in [0.15, 0.2) is 18.2 Å². The van der Waals surface area contributed by atoms with Gasteiger partial charge >= 0.3 is 0 Å². The van der Waals surface area contributed by atoms with Gasteiger partial charge in [0.1, 0.15) is 0 Å². The number of pyridine rings is 1. The lowest BCUT2D eigenvalue weighted by Crippen LogP contribution is -2.25. The normalized spacial score (nSPS) is 9.93. The van der Waals surface area contributed by atoms with Crippen LogP contribution in [-0.4, -0.2) is 22.8 Å². The number of hydrogen-bond acceptors (Lipinski definition) is 2. The van der Waals surface area contributed by atoms with Crippen molar-refractivity contribution >= 4 is 5.91 Å². The van der Waals surface area contributed by atoms with E-state index in [-0.39, 0.29) is 5.91 Å². The molecule has 0 atom stereocenters. The Morgan fingerprint density at radius 1 is 1.57 bits per heavy atom. The lowest BCUT2D eigenvalue weighted by molar-refractivity contribution is -0.130. The van der Waals surface area contributed by atoms with E-state index in [4.69, 9.17) is 0 Å². The van der Waals surface area contributed by atoms with Crippen molar-refractivity contribution in [2.75, 3.05) is 7.05 Å². The predicted octanol–water partition coefficient (Wildman–Crippen LogP) is 1.59. The minimum atomic E-state index is -0.514. The molecule has 1 aromatic rings. The van der Waals surface area contributed by atoms with Crippen molar-refractivity contribution in [1.82, 2.24) is 9.88 Å². The summed E-state index contributed by atoms with van der Waals surface area (Å²) in [7, 11) is 1.68. The third-order valence-corrected chi connectivity index (χ3v) is 1.90. The Labute approximate surface area is 82.6 Å². The lowest BCUT2D eigenvalue weighted by atomic mass is 10.3. The number of rotatable bonds is 3. The van der Waals surface area contributed by atoms with E-state index < -0.39 is 5.95 Å². The Bertz CT molecular complexity index is 328.